The molecule has 82 valence electrons. The molecule has 0 radical (unpaired) electrons. The fraction of sp³-hybridized carbons (Fsp3) is 0.700. The number of carbonyl (C=O) groups excluding carboxylic acids is 1. The molecule has 0 fully saturated rings. The molecule has 0 saturated heterocycles. The normalized spacial score (nSPS) is 12.6. The van der Waals surface area contributed by atoms with Gasteiger partial charge in [-0.2, -0.15) is 0 Å². The van der Waals surface area contributed by atoms with E-state index in [-0.39, 0.29) is 25.1 Å². The van der Waals surface area contributed by atoms with E-state index in [9.17, 15) is 9.90 Å². The standard InChI is InChI=1S/C10H18O4/c1-4-5-13-6-9(11)7-14-10(12)8(2)3/h4,8-9,11H,1,5-7H2,2-3H3. The number of hydrogen-bond acceptors (Lipinski definition) is 4. The molecule has 0 aliphatic heterocycles. The monoisotopic (exact) mass is 202 g/mol. The van der Waals surface area contributed by atoms with Crippen LogP contribution < -0.4 is 0 Å². The first-order valence-electron chi connectivity index (χ1n) is 4.61. The maximum Gasteiger partial charge on any atom is 0.308 e. The molecule has 0 amide bonds. The fourth-order valence-corrected chi connectivity index (χ4v) is 0.681. The minimum Gasteiger partial charge on any atom is -0.463 e. The number of ether oxygens (including phenoxy) is 2. The molecule has 4 nitrogen and oxygen atoms in total. The SMILES string of the molecule is C=CCOCC(O)COC(=O)C(C)C. The summed E-state index contributed by atoms with van der Waals surface area (Å²) in [7, 11) is 0. The molecule has 14 heavy (non-hydrogen) atoms. The summed E-state index contributed by atoms with van der Waals surface area (Å²) < 4.78 is 9.78. The van der Waals surface area contributed by atoms with Gasteiger partial charge in [0.1, 0.15) is 12.7 Å². The van der Waals surface area contributed by atoms with Gasteiger partial charge in [-0.1, -0.05) is 19.9 Å². The van der Waals surface area contributed by atoms with Gasteiger partial charge in [-0.3, -0.25) is 4.79 Å². The third-order valence-corrected chi connectivity index (χ3v) is 1.44. The Balaban J connectivity index is 3.48. The summed E-state index contributed by atoms with van der Waals surface area (Å²) in [6, 6.07) is 0. The Kier molecular flexibility index (Phi) is 7.06. The van der Waals surface area contributed by atoms with Gasteiger partial charge in [-0.15, -0.1) is 6.58 Å². The number of carbonyl (C=O) groups is 1. The van der Waals surface area contributed by atoms with Crippen molar-refractivity contribution in [3.8, 4) is 0 Å². The first kappa shape index (κ1) is 13.1. The van der Waals surface area contributed by atoms with Crippen LogP contribution in [0.1, 0.15) is 13.8 Å². The van der Waals surface area contributed by atoms with Gasteiger partial charge in [0.15, 0.2) is 0 Å². The largest absolute Gasteiger partial charge is 0.463 e. The molecule has 0 aromatic rings. The van der Waals surface area contributed by atoms with Gasteiger partial charge in [0.2, 0.25) is 0 Å². The summed E-state index contributed by atoms with van der Waals surface area (Å²) in [4.78, 5) is 11.0. The van der Waals surface area contributed by atoms with Crippen LogP contribution in [0.2, 0.25) is 0 Å². The van der Waals surface area contributed by atoms with E-state index in [0.717, 1.165) is 0 Å². The van der Waals surface area contributed by atoms with E-state index in [0.29, 0.717) is 6.61 Å². The van der Waals surface area contributed by atoms with Crippen LogP contribution in [0.3, 0.4) is 0 Å². The molecule has 1 atom stereocenters. The molecular weight excluding hydrogens is 184 g/mol. The topological polar surface area (TPSA) is 55.8 Å². The number of esters is 1. The highest BCUT2D eigenvalue weighted by atomic mass is 16.5. The van der Waals surface area contributed by atoms with Crippen LogP contribution in [0.4, 0.5) is 0 Å². The zero-order valence-corrected chi connectivity index (χ0v) is 8.73. The molecule has 0 bridgehead atoms. The minimum atomic E-state index is -0.766. The van der Waals surface area contributed by atoms with Crippen LogP contribution in [0.25, 0.3) is 0 Å². The van der Waals surface area contributed by atoms with Gasteiger partial charge < -0.3 is 14.6 Å². The van der Waals surface area contributed by atoms with Crippen LogP contribution in [0.5, 0.6) is 0 Å². The number of hydrogen-bond donors (Lipinski definition) is 1. The number of aliphatic hydroxyl groups excluding tert-OH is 1. The molecule has 0 heterocycles. The van der Waals surface area contributed by atoms with E-state index in [4.69, 9.17) is 9.47 Å². The highest BCUT2D eigenvalue weighted by Crippen LogP contribution is 1.97. The summed E-state index contributed by atoms with van der Waals surface area (Å²) in [6.45, 7) is 7.46. The third kappa shape index (κ3) is 6.62. The second kappa shape index (κ2) is 7.53. The van der Waals surface area contributed by atoms with Crippen molar-refractivity contribution < 1.29 is 19.4 Å². The average Bonchev–Trinajstić information content (AvgIpc) is 2.14. The molecule has 0 aromatic heterocycles. The second-order valence-corrected chi connectivity index (χ2v) is 3.26. The summed E-state index contributed by atoms with van der Waals surface area (Å²) in [6.07, 6.45) is 0.824. The molecule has 1 unspecified atom stereocenters. The van der Waals surface area contributed by atoms with Crippen molar-refractivity contribution in [3.05, 3.63) is 12.7 Å². The van der Waals surface area contributed by atoms with Gasteiger partial charge >= 0.3 is 5.97 Å². The molecule has 4 heteroatoms. The summed E-state index contributed by atoms with van der Waals surface area (Å²) in [5.74, 6) is -0.482. The van der Waals surface area contributed by atoms with Crippen LogP contribution in [-0.2, 0) is 14.3 Å². The van der Waals surface area contributed by atoms with E-state index >= 15 is 0 Å². The van der Waals surface area contributed by atoms with Crippen molar-refractivity contribution in [1.82, 2.24) is 0 Å². The van der Waals surface area contributed by atoms with Crippen molar-refractivity contribution in [2.24, 2.45) is 5.92 Å². The minimum absolute atomic E-state index is 0.0197. The molecule has 0 aliphatic rings. The first-order valence-corrected chi connectivity index (χ1v) is 4.61. The first-order chi connectivity index (χ1) is 6.57. The smallest absolute Gasteiger partial charge is 0.308 e. The summed E-state index contributed by atoms with van der Waals surface area (Å²) in [5.41, 5.74) is 0. The zero-order valence-electron chi connectivity index (χ0n) is 8.73. The Morgan fingerprint density at radius 1 is 1.50 bits per heavy atom. The van der Waals surface area contributed by atoms with E-state index in [1.807, 2.05) is 0 Å². The van der Waals surface area contributed by atoms with Gasteiger partial charge in [0.05, 0.1) is 19.1 Å². The molecule has 0 saturated carbocycles. The molecule has 0 aliphatic carbocycles. The summed E-state index contributed by atoms with van der Waals surface area (Å²) >= 11 is 0. The Labute approximate surface area is 84.5 Å². The molecule has 0 spiro atoms. The fourth-order valence-electron chi connectivity index (χ4n) is 0.681. The maximum absolute atomic E-state index is 11.0. The Hall–Kier alpha value is -0.870. The summed E-state index contributed by atoms with van der Waals surface area (Å²) in [5, 5.41) is 9.27. The van der Waals surface area contributed by atoms with Crippen molar-refractivity contribution in [2.45, 2.75) is 20.0 Å². The van der Waals surface area contributed by atoms with E-state index < -0.39 is 6.10 Å². The van der Waals surface area contributed by atoms with Crippen molar-refractivity contribution in [2.75, 3.05) is 19.8 Å². The van der Waals surface area contributed by atoms with Crippen LogP contribution in [-0.4, -0.2) is 37.0 Å². The third-order valence-electron chi connectivity index (χ3n) is 1.44. The number of rotatable bonds is 7. The molecular formula is C10H18O4. The predicted octanol–water partition coefficient (Wildman–Crippen LogP) is 0.749. The Morgan fingerprint density at radius 2 is 2.14 bits per heavy atom. The van der Waals surface area contributed by atoms with E-state index in [1.54, 1.807) is 19.9 Å². The lowest BCUT2D eigenvalue weighted by Gasteiger charge is -2.12. The van der Waals surface area contributed by atoms with Gasteiger partial charge in [0, 0.05) is 0 Å². The highest BCUT2D eigenvalue weighted by Gasteiger charge is 2.11. The lowest BCUT2D eigenvalue weighted by atomic mass is 10.2. The molecule has 1 N–H and O–H groups in total. The second-order valence-electron chi connectivity index (χ2n) is 3.26. The number of aliphatic hydroxyl groups is 1. The maximum atomic E-state index is 11.0. The van der Waals surface area contributed by atoms with Gasteiger partial charge in [-0.25, -0.2) is 0 Å². The van der Waals surface area contributed by atoms with Gasteiger partial charge in [-0.05, 0) is 0 Å². The lowest BCUT2D eigenvalue weighted by Crippen LogP contribution is -2.25. The zero-order chi connectivity index (χ0) is 11.0. The van der Waals surface area contributed by atoms with Crippen LogP contribution in [0.15, 0.2) is 12.7 Å². The van der Waals surface area contributed by atoms with Crippen molar-refractivity contribution in [3.63, 3.8) is 0 Å². The Morgan fingerprint density at radius 3 is 2.64 bits per heavy atom. The van der Waals surface area contributed by atoms with Crippen LogP contribution in [0, 0.1) is 5.92 Å². The average molecular weight is 202 g/mol. The van der Waals surface area contributed by atoms with E-state index in [1.165, 1.54) is 0 Å². The predicted molar refractivity (Wildman–Crippen MR) is 52.8 cm³/mol. The highest BCUT2D eigenvalue weighted by molar-refractivity contribution is 5.71. The van der Waals surface area contributed by atoms with E-state index in [2.05, 4.69) is 6.58 Å². The van der Waals surface area contributed by atoms with Gasteiger partial charge in [0.25, 0.3) is 0 Å². The van der Waals surface area contributed by atoms with Crippen LogP contribution >= 0.6 is 0 Å². The molecule has 0 aromatic carbocycles. The quantitative estimate of drug-likeness (QED) is 0.376. The van der Waals surface area contributed by atoms with Crippen molar-refractivity contribution in [1.29, 1.82) is 0 Å². The van der Waals surface area contributed by atoms with Crippen molar-refractivity contribution >= 4 is 5.97 Å². The molecule has 0 rings (SSSR count). The lowest BCUT2D eigenvalue weighted by molar-refractivity contribution is -0.151. The Bertz CT molecular complexity index is 177.